The third-order valence-corrected chi connectivity index (χ3v) is 5.88. The molecule has 0 unspecified atom stereocenters. The Morgan fingerprint density at radius 1 is 1.04 bits per heavy atom. The topological polar surface area (TPSA) is 3.24 Å². The molecule has 1 fully saturated rings. The van der Waals surface area contributed by atoms with E-state index in [1.807, 2.05) is 6.07 Å². The van der Waals surface area contributed by atoms with Crippen molar-refractivity contribution in [3.63, 3.8) is 0 Å². The van der Waals surface area contributed by atoms with Crippen LogP contribution >= 0.6 is 27.7 Å². The van der Waals surface area contributed by atoms with E-state index in [1.165, 1.54) is 23.9 Å². The number of likely N-dealkylation sites (tertiary alicyclic amines) is 1. The molecule has 1 aliphatic rings. The Morgan fingerprint density at radius 3 is 2.43 bits per heavy atom. The lowest BCUT2D eigenvalue weighted by Crippen LogP contribution is -2.29. The Labute approximate surface area is 148 Å². The first-order valence-electron chi connectivity index (χ1n) is 7.64. The fraction of sp³-hybridized carbons (Fsp3) is 0.333. The van der Waals surface area contributed by atoms with Crippen molar-refractivity contribution in [3.05, 3.63) is 58.1 Å². The molecule has 0 bridgehead atoms. The molecule has 2 aromatic rings. The summed E-state index contributed by atoms with van der Waals surface area (Å²) < 4.78 is 28.6. The Kier molecular flexibility index (Phi) is 5.39. The van der Waals surface area contributed by atoms with Crippen molar-refractivity contribution >= 4 is 27.7 Å². The van der Waals surface area contributed by atoms with E-state index in [0.29, 0.717) is 15.3 Å². The molecule has 0 amide bonds. The third kappa shape index (κ3) is 4.14. The van der Waals surface area contributed by atoms with Crippen molar-refractivity contribution in [1.82, 2.24) is 4.90 Å². The summed E-state index contributed by atoms with van der Waals surface area (Å²) in [5.41, 5.74) is 1.01. The Balaban J connectivity index is 1.89. The largest absolute Gasteiger partial charge is 0.306 e. The molecule has 23 heavy (non-hydrogen) atoms. The van der Waals surface area contributed by atoms with Crippen molar-refractivity contribution < 1.29 is 8.78 Å². The minimum atomic E-state index is -0.261. The minimum Gasteiger partial charge on any atom is -0.306 e. The average Bonchev–Trinajstić information content (AvgIpc) is 2.52. The van der Waals surface area contributed by atoms with E-state index in [9.17, 15) is 8.78 Å². The van der Waals surface area contributed by atoms with E-state index < -0.39 is 0 Å². The first-order valence-corrected chi connectivity index (χ1v) is 9.25. The first-order chi connectivity index (χ1) is 11.0. The van der Waals surface area contributed by atoms with Gasteiger partial charge in [-0.1, -0.05) is 27.7 Å². The standard InChI is InChI=1S/C18H18BrF2NS/c1-22-8-6-12(7-9-22)15-11-14(20)3-5-17(15)23-18-4-2-13(19)10-16(18)21/h2-5,10-12H,6-9H2,1H3. The molecule has 0 aliphatic carbocycles. The minimum absolute atomic E-state index is 0.223. The van der Waals surface area contributed by atoms with Crippen molar-refractivity contribution in [2.45, 2.75) is 28.6 Å². The number of nitrogens with zero attached hydrogens (tertiary/aromatic N) is 1. The number of rotatable bonds is 3. The molecule has 0 saturated carbocycles. The van der Waals surface area contributed by atoms with Gasteiger partial charge in [0.2, 0.25) is 0 Å². The molecule has 1 heterocycles. The Bertz CT molecular complexity index is 699. The van der Waals surface area contributed by atoms with Gasteiger partial charge in [0.1, 0.15) is 11.6 Å². The molecule has 2 aromatic carbocycles. The van der Waals surface area contributed by atoms with E-state index in [-0.39, 0.29) is 11.6 Å². The summed E-state index contributed by atoms with van der Waals surface area (Å²) in [4.78, 5) is 3.80. The maximum Gasteiger partial charge on any atom is 0.138 e. The summed E-state index contributed by atoms with van der Waals surface area (Å²) in [6.45, 7) is 2.02. The molecule has 0 atom stereocenters. The SMILES string of the molecule is CN1CCC(c2cc(F)ccc2Sc2ccc(Br)cc2F)CC1. The van der Waals surface area contributed by atoms with Gasteiger partial charge in [-0.2, -0.15) is 0 Å². The van der Waals surface area contributed by atoms with E-state index >= 15 is 0 Å². The highest BCUT2D eigenvalue weighted by Crippen LogP contribution is 2.39. The second-order valence-corrected chi connectivity index (χ2v) is 7.94. The summed E-state index contributed by atoms with van der Waals surface area (Å²) >= 11 is 4.65. The van der Waals surface area contributed by atoms with Crippen LogP contribution in [0.5, 0.6) is 0 Å². The zero-order chi connectivity index (χ0) is 16.4. The van der Waals surface area contributed by atoms with E-state index in [4.69, 9.17) is 0 Å². The van der Waals surface area contributed by atoms with Crippen LogP contribution in [0.1, 0.15) is 24.3 Å². The summed E-state index contributed by atoms with van der Waals surface area (Å²) in [5, 5.41) is 0. The van der Waals surface area contributed by atoms with E-state index in [2.05, 4.69) is 27.9 Å². The molecule has 0 spiro atoms. The van der Waals surface area contributed by atoms with Crippen molar-refractivity contribution in [2.24, 2.45) is 0 Å². The molecule has 3 rings (SSSR count). The van der Waals surface area contributed by atoms with Gasteiger partial charge in [-0.15, -0.1) is 0 Å². The Hall–Kier alpha value is -0.910. The summed E-state index contributed by atoms with van der Waals surface area (Å²) in [6.07, 6.45) is 2.02. The molecule has 1 saturated heterocycles. The zero-order valence-electron chi connectivity index (χ0n) is 12.9. The lowest BCUT2D eigenvalue weighted by molar-refractivity contribution is 0.254. The van der Waals surface area contributed by atoms with Crippen LogP contribution in [-0.4, -0.2) is 25.0 Å². The van der Waals surface area contributed by atoms with Gasteiger partial charge in [-0.25, -0.2) is 8.78 Å². The van der Waals surface area contributed by atoms with Gasteiger partial charge >= 0.3 is 0 Å². The number of piperidine rings is 1. The van der Waals surface area contributed by atoms with E-state index in [0.717, 1.165) is 36.4 Å². The highest BCUT2D eigenvalue weighted by atomic mass is 79.9. The van der Waals surface area contributed by atoms with Crippen LogP contribution in [0.2, 0.25) is 0 Å². The summed E-state index contributed by atoms with van der Waals surface area (Å²) in [7, 11) is 2.11. The predicted molar refractivity (Wildman–Crippen MR) is 94.1 cm³/mol. The predicted octanol–water partition coefficient (Wildman–Crippen LogP) is 5.69. The lowest BCUT2D eigenvalue weighted by atomic mass is 9.89. The molecule has 1 aliphatic heterocycles. The summed E-state index contributed by atoms with van der Waals surface area (Å²) in [5.74, 6) is -0.148. The van der Waals surface area contributed by atoms with Crippen LogP contribution in [0.4, 0.5) is 8.78 Å². The van der Waals surface area contributed by atoms with Gasteiger partial charge in [0.05, 0.1) is 0 Å². The van der Waals surface area contributed by atoms with Crippen LogP contribution in [-0.2, 0) is 0 Å². The second-order valence-electron chi connectivity index (χ2n) is 5.94. The molecule has 1 nitrogen and oxygen atoms in total. The van der Waals surface area contributed by atoms with Crippen LogP contribution in [0, 0.1) is 11.6 Å². The molecule has 122 valence electrons. The first kappa shape index (κ1) is 16.9. The van der Waals surface area contributed by atoms with Crippen molar-refractivity contribution in [3.8, 4) is 0 Å². The average molecular weight is 398 g/mol. The maximum absolute atomic E-state index is 14.1. The number of hydrogen-bond acceptors (Lipinski definition) is 2. The van der Waals surface area contributed by atoms with Gasteiger partial charge in [0.25, 0.3) is 0 Å². The number of benzene rings is 2. The van der Waals surface area contributed by atoms with Gasteiger partial charge < -0.3 is 4.90 Å². The smallest absolute Gasteiger partial charge is 0.138 e. The molecule has 5 heteroatoms. The monoisotopic (exact) mass is 397 g/mol. The zero-order valence-corrected chi connectivity index (χ0v) is 15.3. The van der Waals surface area contributed by atoms with Gasteiger partial charge in [-0.05, 0) is 80.9 Å². The van der Waals surface area contributed by atoms with Gasteiger partial charge in [0.15, 0.2) is 0 Å². The second kappa shape index (κ2) is 7.32. The maximum atomic E-state index is 14.1. The normalized spacial score (nSPS) is 16.7. The molecular weight excluding hydrogens is 380 g/mol. The molecular formula is C18H18BrF2NS. The summed E-state index contributed by atoms with van der Waals surface area (Å²) in [6, 6.07) is 9.89. The lowest BCUT2D eigenvalue weighted by Gasteiger charge is -2.30. The highest BCUT2D eigenvalue weighted by molar-refractivity contribution is 9.10. The molecule has 0 N–H and O–H groups in total. The number of halogens is 3. The van der Waals surface area contributed by atoms with Crippen LogP contribution in [0.25, 0.3) is 0 Å². The van der Waals surface area contributed by atoms with E-state index in [1.54, 1.807) is 18.2 Å². The van der Waals surface area contributed by atoms with Crippen LogP contribution in [0.15, 0.2) is 50.7 Å². The van der Waals surface area contributed by atoms with Gasteiger partial charge in [0, 0.05) is 14.3 Å². The molecule has 0 aromatic heterocycles. The quantitative estimate of drug-likeness (QED) is 0.654. The molecule has 0 radical (unpaired) electrons. The fourth-order valence-corrected chi connectivity index (χ4v) is 4.27. The van der Waals surface area contributed by atoms with Crippen molar-refractivity contribution in [1.29, 1.82) is 0 Å². The third-order valence-electron chi connectivity index (χ3n) is 4.24. The van der Waals surface area contributed by atoms with Gasteiger partial charge in [-0.3, -0.25) is 0 Å². The Morgan fingerprint density at radius 2 is 1.74 bits per heavy atom. The highest BCUT2D eigenvalue weighted by Gasteiger charge is 2.22. The van der Waals surface area contributed by atoms with Crippen LogP contribution < -0.4 is 0 Å². The fourth-order valence-electron chi connectivity index (χ4n) is 2.93. The van der Waals surface area contributed by atoms with Crippen LogP contribution in [0.3, 0.4) is 0 Å². The number of hydrogen-bond donors (Lipinski definition) is 0. The van der Waals surface area contributed by atoms with Crippen molar-refractivity contribution in [2.75, 3.05) is 20.1 Å².